The van der Waals surface area contributed by atoms with E-state index in [-0.39, 0.29) is 10.9 Å². The van der Waals surface area contributed by atoms with Gasteiger partial charge in [-0.25, -0.2) is 13.1 Å². The molecule has 0 amide bonds. The van der Waals surface area contributed by atoms with Crippen molar-refractivity contribution in [2.75, 3.05) is 13.1 Å². The van der Waals surface area contributed by atoms with Crippen LogP contribution in [0.15, 0.2) is 59.5 Å². The van der Waals surface area contributed by atoms with Gasteiger partial charge in [-0.1, -0.05) is 30.3 Å². The molecule has 1 aliphatic heterocycles. The van der Waals surface area contributed by atoms with E-state index in [1.54, 1.807) is 0 Å². The second kappa shape index (κ2) is 7.87. The molecule has 27 heavy (non-hydrogen) atoms. The summed E-state index contributed by atoms with van der Waals surface area (Å²) in [6.07, 6.45) is -4.15. The fourth-order valence-corrected chi connectivity index (χ4v) is 4.28. The highest BCUT2D eigenvalue weighted by atomic mass is 32.2. The van der Waals surface area contributed by atoms with E-state index in [0.29, 0.717) is 13.0 Å². The minimum atomic E-state index is -4.81. The molecule has 5 nitrogen and oxygen atoms in total. The lowest BCUT2D eigenvalue weighted by molar-refractivity contribution is -0.274. The van der Waals surface area contributed by atoms with Crippen molar-refractivity contribution in [3.8, 4) is 5.75 Å². The van der Waals surface area contributed by atoms with Crippen LogP contribution in [0.2, 0.25) is 0 Å². The first kappa shape index (κ1) is 19.7. The van der Waals surface area contributed by atoms with E-state index < -0.39 is 22.1 Å². The van der Waals surface area contributed by atoms with E-state index in [0.717, 1.165) is 42.9 Å². The molecule has 146 valence electrons. The third-order valence-electron chi connectivity index (χ3n) is 4.21. The maximum atomic E-state index is 12.5. The van der Waals surface area contributed by atoms with Crippen molar-refractivity contribution in [3.05, 3.63) is 60.2 Å². The largest absolute Gasteiger partial charge is 0.573 e. The summed E-state index contributed by atoms with van der Waals surface area (Å²) in [5, 5.41) is 0. The number of alkyl halides is 3. The van der Waals surface area contributed by atoms with Gasteiger partial charge < -0.3 is 4.74 Å². The zero-order chi connectivity index (χ0) is 19.5. The number of rotatable bonds is 6. The van der Waals surface area contributed by atoms with Crippen LogP contribution < -0.4 is 9.46 Å². The zero-order valence-corrected chi connectivity index (χ0v) is 15.1. The highest BCUT2D eigenvalue weighted by molar-refractivity contribution is 7.89. The molecule has 1 aliphatic rings. The molecule has 1 N–H and O–H groups in total. The maximum Gasteiger partial charge on any atom is 0.573 e. The van der Waals surface area contributed by atoms with Crippen molar-refractivity contribution in [2.45, 2.75) is 30.3 Å². The summed E-state index contributed by atoms with van der Waals surface area (Å²) in [6, 6.07) is 13.8. The third kappa shape index (κ3) is 5.69. The molecular weight excluding hydrogens is 381 g/mol. The number of nitrogens with zero attached hydrogens (tertiary/aromatic N) is 1. The molecule has 0 aromatic heterocycles. The summed E-state index contributed by atoms with van der Waals surface area (Å²) in [5.41, 5.74) is 1.15. The van der Waals surface area contributed by atoms with E-state index in [4.69, 9.17) is 0 Å². The van der Waals surface area contributed by atoms with Gasteiger partial charge in [-0.05, 0) is 36.2 Å². The highest BCUT2D eigenvalue weighted by Crippen LogP contribution is 2.24. The first-order valence-corrected chi connectivity index (χ1v) is 9.84. The molecule has 1 unspecified atom stereocenters. The minimum Gasteiger partial charge on any atom is -0.406 e. The third-order valence-corrected chi connectivity index (χ3v) is 5.75. The molecule has 1 atom stereocenters. The summed E-state index contributed by atoms with van der Waals surface area (Å²) >= 11 is 0. The Morgan fingerprint density at radius 2 is 1.74 bits per heavy atom. The number of ether oxygens (including phenoxy) is 1. The molecule has 1 heterocycles. The highest BCUT2D eigenvalue weighted by Gasteiger charge is 2.31. The zero-order valence-electron chi connectivity index (χ0n) is 14.3. The van der Waals surface area contributed by atoms with Gasteiger partial charge in [0.2, 0.25) is 10.0 Å². The Hall–Kier alpha value is -2.10. The average Bonchev–Trinajstić information content (AvgIpc) is 3.01. The predicted molar refractivity (Wildman–Crippen MR) is 93.6 cm³/mol. The van der Waals surface area contributed by atoms with Crippen LogP contribution in [-0.2, 0) is 16.6 Å². The Labute approximate surface area is 155 Å². The van der Waals surface area contributed by atoms with Gasteiger partial charge >= 0.3 is 6.36 Å². The standard InChI is InChI=1S/C18H19F3N2O3S/c19-18(20,21)26-16-6-8-17(9-7-16)27(24,25)22-15-10-11-23(13-15)12-14-4-2-1-3-5-14/h1-9,15,22H,10-13H2. The first-order valence-electron chi connectivity index (χ1n) is 8.36. The van der Waals surface area contributed by atoms with Gasteiger partial charge in [0.15, 0.2) is 0 Å². The normalized spacial score (nSPS) is 18.6. The van der Waals surface area contributed by atoms with E-state index in [2.05, 4.69) is 14.4 Å². The van der Waals surface area contributed by atoms with Gasteiger partial charge in [-0.3, -0.25) is 4.90 Å². The smallest absolute Gasteiger partial charge is 0.406 e. The number of nitrogens with one attached hydrogen (secondary N) is 1. The molecule has 1 fully saturated rings. The Bertz CT molecular complexity index is 856. The maximum absolute atomic E-state index is 12.5. The molecule has 2 aromatic carbocycles. The van der Waals surface area contributed by atoms with Crippen molar-refractivity contribution in [3.63, 3.8) is 0 Å². The van der Waals surface area contributed by atoms with Crippen LogP contribution in [0.3, 0.4) is 0 Å². The van der Waals surface area contributed by atoms with Crippen LogP contribution >= 0.6 is 0 Å². The summed E-state index contributed by atoms with van der Waals surface area (Å²) in [4.78, 5) is 2.06. The van der Waals surface area contributed by atoms with Crippen molar-refractivity contribution < 1.29 is 26.3 Å². The van der Waals surface area contributed by atoms with Crippen LogP contribution in [0, 0.1) is 0 Å². The van der Waals surface area contributed by atoms with Crippen LogP contribution in [0.1, 0.15) is 12.0 Å². The topological polar surface area (TPSA) is 58.6 Å². The lowest BCUT2D eigenvalue weighted by Gasteiger charge is -2.17. The Kier molecular flexibility index (Phi) is 5.73. The molecule has 0 spiro atoms. The molecule has 0 radical (unpaired) electrons. The number of hydrogen-bond donors (Lipinski definition) is 1. The van der Waals surface area contributed by atoms with Crippen LogP contribution in [0.4, 0.5) is 13.2 Å². The molecule has 0 aliphatic carbocycles. The summed E-state index contributed by atoms with van der Waals surface area (Å²) < 4.78 is 67.8. The van der Waals surface area contributed by atoms with Crippen molar-refractivity contribution in [1.29, 1.82) is 0 Å². The lowest BCUT2D eigenvalue weighted by Crippen LogP contribution is -2.36. The number of sulfonamides is 1. The quantitative estimate of drug-likeness (QED) is 0.810. The molecule has 0 saturated carbocycles. The Balaban J connectivity index is 1.58. The van der Waals surface area contributed by atoms with Crippen LogP contribution in [0.5, 0.6) is 5.75 Å². The molecule has 2 aromatic rings. The van der Waals surface area contributed by atoms with Gasteiger partial charge in [0.1, 0.15) is 5.75 Å². The number of benzene rings is 2. The van der Waals surface area contributed by atoms with E-state index in [1.807, 2.05) is 30.3 Å². The number of hydrogen-bond acceptors (Lipinski definition) is 4. The van der Waals surface area contributed by atoms with Crippen LogP contribution in [-0.4, -0.2) is 38.8 Å². The monoisotopic (exact) mass is 400 g/mol. The van der Waals surface area contributed by atoms with Crippen LogP contribution in [0.25, 0.3) is 0 Å². The number of halogens is 3. The first-order chi connectivity index (χ1) is 12.7. The summed E-state index contributed by atoms with van der Waals surface area (Å²) in [6.45, 7) is 2.08. The molecule has 0 bridgehead atoms. The van der Waals surface area contributed by atoms with E-state index >= 15 is 0 Å². The van der Waals surface area contributed by atoms with Gasteiger partial charge in [-0.15, -0.1) is 13.2 Å². The van der Waals surface area contributed by atoms with Gasteiger partial charge in [0.25, 0.3) is 0 Å². The minimum absolute atomic E-state index is 0.0986. The second-order valence-corrected chi connectivity index (χ2v) is 8.06. The van der Waals surface area contributed by atoms with Gasteiger partial charge in [-0.2, -0.15) is 0 Å². The SMILES string of the molecule is O=S(=O)(NC1CCN(Cc2ccccc2)C1)c1ccc(OC(F)(F)F)cc1. The summed E-state index contributed by atoms with van der Waals surface area (Å²) in [7, 11) is -3.81. The van der Waals surface area contributed by atoms with Gasteiger partial charge in [0, 0.05) is 25.7 Å². The van der Waals surface area contributed by atoms with Gasteiger partial charge in [0.05, 0.1) is 4.90 Å². The number of likely N-dealkylation sites (tertiary alicyclic amines) is 1. The fourth-order valence-electron chi connectivity index (χ4n) is 3.02. The molecule has 9 heteroatoms. The molecule has 1 saturated heterocycles. The predicted octanol–water partition coefficient (Wildman–Crippen LogP) is 3.14. The van der Waals surface area contributed by atoms with Crippen molar-refractivity contribution >= 4 is 10.0 Å². The second-order valence-electron chi connectivity index (χ2n) is 6.35. The fraction of sp³-hybridized carbons (Fsp3) is 0.333. The summed E-state index contributed by atoms with van der Waals surface area (Å²) in [5.74, 6) is -0.462. The molecule has 3 rings (SSSR count). The average molecular weight is 400 g/mol. The lowest BCUT2D eigenvalue weighted by atomic mass is 10.2. The van der Waals surface area contributed by atoms with E-state index in [9.17, 15) is 21.6 Å². The van der Waals surface area contributed by atoms with Crippen molar-refractivity contribution in [1.82, 2.24) is 9.62 Å². The van der Waals surface area contributed by atoms with Crippen molar-refractivity contribution in [2.24, 2.45) is 0 Å². The Morgan fingerprint density at radius 3 is 2.37 bits per heavy atom. The van der Waals surface area contributed by atoms with E-state index in [1.165, 1.54) is 0 Å². The Morgan fingerprint density at radius 1 is 1.07 bits per heavy atom. The molecular formula is C18H19F3N2O3S.